The minimum atomic E-state index is -0.640. The van der Waals surface area contributed by atoms with Gasteiger partial charge in [-0.05, 0) is 48.2 Å². The molecule has 4 nitrogen and oxygen atoms in total. The minimum absolute atomic E-state index is 0.0428. The molecule has 0 spiro atoms. The van der Waals surface area contributed by atoms with Crippen LogP contribution in [0.15, 0.2) is 59.3 Å². The van der Waals surface area contributed by atoms with E-state index in [-0.39, 0.29) is 17.9 Å². The first kappa shape index (κ1) is 21.8. The second-order valence-corrected chi connectivity index (χ2v) is 10.1. The van der Waals surface area contributed by atoms with Crippen LogP contribution in [0, 0.1) is 6.92 Å². The monoisotopic (exact) mass is 452 g/mol. The quantitative estimate of drug-likeness (QED) is 0.481. The Morgan fingerprint density at radius 1 is 1.00 bits per heavy atom. The van der Waals surface area contributed by atoms with Crippen molar-refractivity contribution in [3.63, 3.8) is 0 Å². The van der Waals surface area contributed by atoms with Gasteiger partial charge >= 0.3 is 0 Å². The topological polar surface area (TPSA) is 49.4 Å². The lowest BCUT2D eigenvalue weighted by Crippen LogP contribution is -2.49. The summed E-state index contributed by atoms with van der Waals surface area (Å²) in [6, 6.07) is 15.2. The highest BCUT2D eigenvalue weighted by atomic mass is 32.1. The minimum Gasteiger partial charge on any atom is -0.349 e. The summed E-state index contributed by atoms with van der Waals surface area (Å²) >= 11 is 3.06. The van der Waals surface area contributed by atoms with Crippen LogP contribution >= 0.6 is 22.7 Å². The summed E-state index contributed by atoms with van der Waals surface area (Å²) in [5.74, 6) is -0.161. The van der Waals surface area contributed by atoms with Crippen LogP contribution < -0.4 is 5.32 Å². The smallest absolute Gasteiger partial charge is 0.265 e. The highest BCUT2D eigenvalue weighted by Gasteiger charge is 2.37. The molecule has 1 fully saturated rings. The molecule has 4 rings (SSSR count). The summed E-state index contributed by atoms with van der Waals surface area (Å²) in [6.07, 6.45) is 5.26. The highest BCUT2D eigenvalue weighted by molar-refractivity contribution is 7.12. The van der Waals surface area contributed by atoms with Gasteiger partial charge in [-0.25, -0.2) is 0 Å². The second kappa shape index (κ2) is 10.2. The van der Waals surface area contributed by atoms with Crippen molar-refractivity contribution in [2.75, 3.05) is 0 Å². The lowest BCUT2D eigenvalue weighted by molar-refractivity contribution is -0.127. The number of nitrogens with one attached hydrogen (secondary N) is 1. The molecule has 0 bridgehead atoms. The number of amides is 2. The van der Waals surface area contributed by atoms with E-state index in [2.05, 4.69) is 5.32 Å². The Bertz CT molecular complexity index is 975. The van der Waals surface area contributed by atoms with E-state index in [9.17, 15) is 9.59 Å². The number of thiophene rings is 2. The van der Waals surface area contributed by atoms with E-state index in [4.69, 9.17) is 0 Å². The van der Waals surface area contributed by atoms with Crippen LogP contribution in [0.4, 0.5) is 0 Å². The summed E-state index contributed by atoms with van der Waals surface area (Å²) in [7, 11) is 0. The van der Waals surface area contributed by atoms with E-state index >= 15 is 0 Å². The number of carbonyl (C=O) groups excluding carboxylic acids is 2. The van der Waals surface area contributed by atoms with Crippen LogP contribution in [0.3, 0.4) is 0 Å². The normalized spacial score (nSPS) is 15.4. The summed E-state index contributed by atoms with van der Waals surface area (Å²) in [6.45, 7) is 2.51. The zero-order valence-corrected chi connectivity index (χ0v) is 19.4. The van der Waals surface area contributed by atoms with Crippen LogP contribution in [0.2, 0.25) is 0 Å². The van der Waals surface area contributed by atoms with Crippen molar-refractivity contribution in [1.82, 2.24) is 10.2 Å². The molecule has 1 aliphatic carbocycles. The van der Waals surface area contributed by atoms with Gasteiger partial charge in [0.05, 0.1) is 11.4 Å². The van der Waals surface area contributed by atoms with Gasteiger partial charge in [0.25, 0.3) is 5.91 Å². The standard InChI is InChI=1S/C25H28N2O2S2/c1-18-11-13-19(14-12-18)23(24(28)26-17-21-9-5-15-30-21)27(20-7-3-2-4-8-20)25(29)22-10-6-16-31-22/h5-6,9-16,20,23H,2-4,7-8,17H2,1H3,(H,26,28). The molecule has 1 atom stereocenters. The number of benzene rings is 1. The molecule has 0 radical (unpaired) electrons. The number of aryl methyl sites for hydroxylation is 1. The number of carbonyl (C=O) groups is 2. The van der Waals surface area contributed by atoms with E-state index in [1.165, 1.54) is 17.8 Å². The molecular weight excluding hydrogens is 424 g/mol. The van der Waals surface area contributed by atoms with Crippen molar-refractivity contribution in [3.05, 3.63) is 80.2 Å². The Kier molecular flexibility index (Phi) is 7.20. The Balaban J connectivity index is 1.70. The van der Waals surface area contributed by atoms with Crippen molar-refractivity contribution in [3.8, 4) is 0 Å². The Labute approximate surface area is 191 Å². The fourth-order valence-electron chi connectivity index (χ4n) is 4.25. The van der Waals surface area contributed by atoms with Crippen molar-refractivity contribution >= 4 is 34.5 Å². The summed E-state index contributed by atoms with van der Waals surface area (Å²) in [5, 5.41) is 7.03. The molecule has 2 aromatic heterocycles. The molecule has 0 aliphatic heterocycles. The van der Waals surface area contributed by atoms with Gasteiger partial charge in [0, 0.05) is 10.9 Å². The molecule has 1 N–H and O–H groups in total. The predicted octanol–water partition coefficient (Wildman–Crippen LogP) is 5.95. The van der Waals surface area contributed by atoms with Gasteiger partial charge < -0.3 is 10.2 Å². The number of rotatable bonds is 7. The molecule has 6 heteroatoms. The molecular formula is C25H28N2O2S2. The van der Waals surface area contributed by atoms with Crippen LogP contribution in [0.25, 0.3) is 0 Å². The lowest BCUT2D eigenvalue weighted by Gasteiger charge is -2.39. The Morgan fingerprint density at radius 2 is 1.71 bits per heavy atom. The molecule has 3 aromatic rings. The van der Waals surface area contributed by atoms with Crippen molar-refractivity contribution < 1.29 is 9.59 Å². The molecule has 2 amide bonds. The maximum absolute atomic E-state index is 13.7. The average Bonchev–Trinajstić information content (AvgIpc) is 3.51. The van der Waals surface area contributed by atoms with Gasteiger partial charge in [-0.3, -0.25) is 9.59 Å². The first-order chi connectivity index (χ1) is 15.1. The fourth-order valence-corrected chi connectivity index (χ4v) is 5.56. The molecule has 1 saturated carbocycles. The van der Waals surface area contributed by atoms with E-state index in [1.54, 1.807) is 11.3 Å². The average molecular weight is 453 g/mol. The molecule has 2 heterocycles. The Morgan fingerprint density at radius 3 is 2.35 bits per heavy atom. The third kappa shape index (κ3) is 5.25. The van der Waals surface area contributed by atoms with E-state index in [1.807, 2.05) is 71.1 Å². The summed E-state index contributed by atoms with van der Waals surface area (Å²) in [5.41, 5.74) is 2.00. The molecule has 1 aliphatic rings. The van der Waals surface area contributed by atoms with E-state index < -0.39 is 6.04 Å². The van der Waals surface area contributed by atoms with Gasteiger partial charge in [0.1, 0.15) is 6.04 Å². The van der Waals surface area contributed by atoms with Crippen LogP contribution in [0.1, 0.15) is 63.8 Å². The zero-order chi connectivity index (χ0) is 21.6. The third-order valence-corrected chi connectivity index (χ3v) is 7.61. The van der Waals surface area contributed by atoms with Crippen LogP contribution in [-0.4, -0.2) is 22.8 Å². The van der Waals surface area contributed by atoms with Gasteiger partial charge in [-0.2, -0.15) is 0 Å². The van der Waals surface area contributed by atoms with E-state index in [0.29, 0.717) is 11.4 Å². The number of hydrogen-bond acceptors (Lipinski definition) is 4. The van der Waals surface area contributed by atoms with Gasteiger partial charge in [0.15, 0.2) is 0 Å². The van der Waals surface area contributed by atoms with Gasteiger partial charge in [-0.15, -0.1) is 22.7 Å². The van der Waals surface area contributed by atoms with Gasteiger partial charge in [-0.1, -0.05) is 61.2 Å². The lowest BCUT2D eigenvalue weighted by atomic mass is 9.91. The largest absolute Gasteiger partial charge is 0.349 e. The number of nitrogens with zero attached hydrogens (tertiary/aromatic N) is 1. The summed E-state index contributed by atoms with van der Waals surface area (Å²) in [4.78, 5) is 30.9. The van der Waals surface area contributed by atoms with Crippen molar-refractivity contribution in [2.24, 2.45) is 0 Å². The molecule has 1 aromatic carbocycles. The number of hydrogen-bond donors (Lipinski definition) is 1. The molecule has 0 saturated heterocycles. The highest BCUT2D eigenvalue weighted by Crippen LogP contribution is 2.33. The van der Waals surface area contributed by atoms with Crippen LogP contribution in [-0.2, 0) is 11.3 Å². The van der Waals surface area contributed by atoms with Gasteiger partial charge in [0.2, 0.25) is 5.91 Å². The molecule has 1 unspecified atom stereocenters. The van der Waals surface area contributed by atoms with E-state index in [0.717, 1.165) is 41.7 Å². The summed E-state index contributed by atoms with van der Waals surface area (Å²) < 4.78 is 0. The molecule has 162 valence electrons. The predicted molar refractivity (Wildman–Crippen MR) is 127 cm³/mol. The SMILES string of the molecule is Cc1ccc(C(C(=O)NCc2cccs2)N(C(=O)c2cccs2)C2CCCCC2)cc1. The Hall–Kier alpha value is -2.44. The molecule has 31 heavy (non-hydrogen) atoms. The first-order valence-corrected chi connectivity index (χ1v) is 12.6. The van der Waals surface area contributed by atoms with Crippen molar-refractivity contribution in [2.45, 2.75) is 57.7 Å². The second-order valence-electron chi connectivity index (χ2n) is 8.09. The maximum Gasteiger partial charge on any atom is 0.265 e. The first-order valence-electron chi connectivity index (χ1n) is 10.9. The zero-order valence-electron chi connectivity index (χ0n) is 17.8. The fraction of sp³-hybridized carbons (Fsp3) is 0.360. The van der Waals surface area contributed by atoms with Crippen molar-refractivity contribution in [1.29, 1.82) is 0 Å². The third-order valence-electron chi connectivity index (χ3n) is 5.87. The van der Waals surface area contributed by atoms with Crippen LogP contribution in [0.5, 0.6) is 0 Å². The maximum atomic E-state index is 13.7.